The van der Waals surface area contributed by atoms with Gasteiger partial charge in [-0.3, -0.25) is 0 Å². The first-order chi connectivity index (χ1) is 8.72. The van der Waals surface area contributed by atoms with E-state index in [9.17, 15) is 0 Å². The van der Waals surface area contributed by atoms with Crippen molar-refractivity contribution in [2.45, 2.75) is 13.3 Å². The monoisotopic (exact) mass is 244 g/mol. The van der Waals surface area contributed by atoms with E-state index in [1.807, 2.05) is 36.2 Å². The molecule has 1 aliphatic heterocycles. The lowest BCUT2D eigenvalue weighted by Crippen LogP contribution is -2.32. The van der Waals surface area contributed by atoms with Crippen molar-refractivity contribution >= 4 is 17.2 Å². The summed E-state index contributed by atoms with van der Waals surface area (Å²) in [5.41, 5.74) is 8.60. The molecule has 1 fully saturated rings. The van der Waals surface area contributed by atoms with Crippen molar-refractivity contribution in [3.05, 3.63) is 23.8 Å². The van der Waals surface area contributed by atoms with Crippen LogP contribution in [0, 0.1) is 18.4 Å². The van der Waals surface area contributed by atoms with Gasteiger partial charge < -0.3 is 15.4 Å². The van der Waals surface area contributed by atoms with Gasteiger partial charge in [0.15, 0.2) is 0 Å². The number of amidine groups is 1. The first kappa shape index (κ1) is 12.4. The van der Waals surface area contributed by atoms with E-state index in [0.29, 0.717) is 26.2 Å². The molecule has 0 unspecified atom stereocenters. The fraction of sp³-hybridized carbons (Fsp3) is 0.385. The van der Waals surface area contributed by atoms with Gasteiger partial charge in [0.25, 0.3) is 0 Å². The summed E-state index contributed by atoms with van der Waals surface area (Å²) >= 11 is 0. The summed E-state index contributed by atoms with van der Waals surface area (Å²) in [6.07, 6.45) is 2.51. The van der Waals surface area contributed by atoms with Crippen LogP contribution in [0.25, 0.3) is 0 Å². The second kappa shape index (κ2) is 5.52. The summed E-state index contributed by atoms with van der Waals surface area (Å²) in [5, 5.41) is 8.76. The highest BCUT2D eigenvalue weighted by Gasteiger charge is 2.18. The highest BCUT2D eigenvalue weighted by molar-refractivity contribution is 5.99. The fourth-order valence-electron chi connectivity index (χ4n) is 2.10. The van der Waals surface area contributed by atoms with Gasteiger partial charge in [-0.05, 0) is 30.7 Å². The number of rotatable bonds is 1. The third kappa shape index (κ3) is 2.60. The summed E-state index contributed by atoms with van der Waals surface area (Å²) in [6, 6.07) is 5.74. The normalized spacial score (nSPS) is 18.4. The van der Waals surface area contributed by atoms with E-state index >= 15 is 0 Å². The largest absolute Gasteiger partial charge is 0.399 e. The third-order valence-corrected chi connectivity index (χ3v) is 2.93. The maximum Gasteiger partial charge on any atom is 0.207 e. The Labute approximate surface area is 106 Å². The molecule has 0 atom stereocenters. The number of nitrogens with zero attached hydrogens (tertiary/aromatic N) is 3. The van der Waals surface area contributed by atoms with Crippen molar-refractivity contribution in [1.29, 1.82) is 5.26 Å². The van der Waals surface area contributed by atoms with Gasteiger partial charge in [0, 0.05) is 24.3 Å². The quantitative estimate of drug-likeness (QED) is 0.602. The number of aryl methyl sites for hydroxylation is 1. The zero-order chi connectivity index (χ0) is 13.0. The van der Waals surface area contributed by atoms with E-state index in [0.717, 1.165) is 22.8 Å². The average Bonchev–Trinajstić information content (AvgIpc) is 2.56. The molecule has 0 saturated carbocycles. The zero-order valence-corrected chi connectivity index (χ0v) is 10.4. The molecule has 18 heavy (non-hydrogen) atoms. The molecule has 2 N–H and O–H groups in total. The molecule has 1 aromatic carbocycles. The molecule has 1 aliphatic rings. The Bertz CT molecular complexity index is 504. The molecule has 0 radical (unpaired) electrons. The second-order valence-electron chi connectivity index (χ2n) is 4.19. The number of nitrogen functional groups attached to an aromatic ring is 1. The minimum Gasteiger partial charge on any atom is -0.399 e. The van der Waals surface area contributed by atoms with E-state index in [1.54, 1.807) is 0 Å². The number of anilines is 2. The summed E-state index contributed by atoms with van der Waals surface area (Å²) in [6.45, 7) is 3.94. The van der Waals surface area contributed by atoms with Crippen LogP contribution >= 0.6 is 0 Å². The summed E-state index contributed by atoms with van der Waals surface area (Å²) in [5.74, 6) is 0.753. The lowest BCUT2D eigenvalue weighted by atomic mass is 10.1. The van der Waals surface area contributed by atoms with Crippen LogP contribution in [0.1, 0.15) is 12.0 Å². The number of hydrogen-bond acceptors (Lipinski definition) is 4. The number of aliphatic imine (C=N–C) groups is 1. The highest BCUT2D eigenvalue weighted by atomic mass is 16.5. The van der Waals surface area contributed by atoms with Gasteiger partial charge in [0.2, 0.25) is 6.19 Å². The van der Waals surface area contributed by atoms with Gasteiger partial charge in [-0.2, -0.15) is 10.3 Å². The maximum atomic E-state index is 8.76. The molecular formula is C13H16N4O. The number of ether oxygens (including phenoxy) is 1. The highest BCUT2D eigenvalue weighted by Crippen LogP contribution is 2.24. The Kier molecular flexibility index (Phi) is 3.80. The second-order valence-corrected chi connectivity index (χ2v) is 4.19. The van der Waals surface area contributed by atoms with Crippen molar-refractivity contribution in [1.82, 2.24) is 0 Å². The van der Waals surface area contributed by atoms with Gasteiger partial charge >= 0.3 is 0 Å². The molecule has 1 saturated heterocycles. The van der Waals surface area contributed by atoms with Gasteiger partial charge in [-0.1, -0.05) is 0 Å². The Hall–Kier alpha value is -2.06. The molecule has 5 nitrogen and oxygen atoms in total. The van der Waals surface area contributed by atoms with Crippen LogP contribution in [0.4, 0.5) is 11.4 Å². The van der Waals surface area contributed by atoms with E-state index in [2.05, 4.69) is 4.99 Å². The minimum absolute atomic E-state index is 0.602. The van der Waals surface area contributed by atoms with Crippen molar-refractivity contribution in [3.63, 3.8) is 0 Å². The first-order valence-electron chi connectivity index (χ1n) is 5.89. The average molecular weight is 244 g/mol. The van der Waals surface area contributed by atoms with E-state index in [-0.39, 0.29) is 0 Å². The van der Waals surface area contributed by atoms with Crippen molar-refractivity contribution < 1.29 is 4.74 Å². The number of hydrogen-bond donors (Lipinski definition) is 1. The standard InChI is InChI=1S/C13H16N4O/c1-10-8-11(15)2-3-12(10)17-5-7-18-6-4-13(17)16-9-14/h2-3,8H,4-7,15H2,1H3/b16-13-. The molecule has 2 rings (SSSR count). The number of nitrogens with two attached hydrogens (primary N) is 1. The van der Waals surface area contributed by atoms with Crippen LogP contribution in [0.3, 0.4) is 0 Å². The van der Waals surface area contributed by atoms with Crippen LogP contribution in [-0.2, 0) is 4.74 Å². The number of benzene rings is 1. The lowest BCUT2D eigenvalue weighted by molar-refractivity contribution is 0.155. The molecule has 0 bridgehead atoms. The minimum atomic E-state index is 0.602. The van der Waals surface area contributed by atoms with Gasteiger partial charge in [-0.15, -0.1) is 0 Å². The van der Waals surface area contributed by atoms with Gasteiger partial charge in [-0.25, -0.2) is 0 Å². The lowest BCUT2D eigenvalue weighted by Gasteiger charge is -2.24. The predicted molar refractivity (Wildman–Crippen MR) is 71.4 cm³/mol. The van der Waals surface area contributed by atoms with Crippen LogP contribution in [0.5, 0.6) is 0 Å². The molecule has 0 amide bonds. The first-order valence-corrected chi connectivity index (χ1v) is 5.89. The molecular weight excluding hydrogens is 228 g/mol. The molecule has 1 heterocycles. The van der Waals surface area contributed by atoms with Crippen LogP contribution in [0.2, 0.25) is 0 Å². The van der Waals surface area contributed by atoms with Crippen LogP contribution < -0.4 is 10.6 Å². The molecule has 0 aliphatic carbocycles. The van der Waals surface area contributed by atoms with E-state index in [4.69, 9.17) is 15.7 Å². The zero-order valence-electron chi connectivity index (χ0n) is 10.4. The van der Waals surface area contributed by atoms with E-state index < -0.39 is 0 Å². The predicted octanol–water partition coefficient (Wildman–Crippen LogP) is 1.68. The molecule has 0 spiro atoms. The van der Waals surface area contributed by atoms with Crippen molar-refractivity contribution in [2.75, 3.05) is 30.4 Å². The van der Waals surface area contributed by atoms with Crippen LogP contribution in [0.15, 0.2) is 23.2 Å². The topological polar surface area (TPSA) is 74.6 Å². The Morgan fingerprint density at radius 3 is 3.00 bits per heavy atom. The van der Waals surface area contributed by atoms with Gasteiger partial charge in [0.1, 0.15) is 5.84 Å². The summed E-state index contributed by atoms with van der Waals surface area (Å²) in [4.78, 5) is 5.93. The molecule has 94 valence electrons. The maximum absolute atomic E-state index is 8.76. The molecule has 1 aromatic rings. The van der Waals surface area contributed by atoms with Crippen molar-refractivity contribution in [2.24, 2.45) is 4.99 Å². The Morgan fingerprint density at radius 2 is 2.28 bits per heavy atom. The Morgan fingerprint density at radius 1 is 1.44 bits per heavy atom. The van der Waals surface area contributed by atoms with Crippen LogP contribution in [-0.4, -0.2) is 25.6 Å². The summed E-state index contributed by atoms with van der Waals surface area (Å²) in [7, 11) is 0. The fourth-order valence-corrected chi connectivity index (χ4v) is 2.10. The third-order valence-electron chi connectivity index (χ3n) is 2.93. The molecule has 5 heteroatoms. The summed E-state index contributed by atoms with van der Waals surface area (Å²) < 4.78 is 5.43. The number of nitriles is 1. The van der Waals surface area contributed by atoms with Crippen molar-refractivity contribution in [3.8, 4) is 6.19 Å². The SMILES string of the molecule is Cc1cc(N)ccc1N1CCOCC/C1=N/C#N. The van der Waals surface area contributed by atoms with Gasteiger partial charge in [0.05, 0.1) is 13.2 Å². The smallest absolute Gasteiger partial charge is 0.207 e. The molecule has 0 aromatic heterocycles. The van der Waals surface area contributed by atoms with E-state index in [1.165, 1.54) is 0 Å². The Balaban J connectivity index is 2.38.